The zero-order valence-electron chi connectivity index (χ0n) is 12.3. The Kier molecular flexibility index (Phi) is 11.2. The molecule has 0 aliphatic heterocycles. The summed E-state index contributed by atoms with van der Waals surface area (Å²) in [5.74, 6) is 0.202. The maximum absolute atomic E-state index is 11.3. The van der Waals surface area contributed by atoms with Gasteiger partial charge in [-0.3, -0.25) is 14.4 Å². The molecule has 0 aromatic heterocycles. The first kappa shape index (κ1) is 17.9. The SMILES string of the molecule is CCNCCC(=O)NOCC(=O)NCCCC(C)C. The lowest BCUT2D eigenvalue weighted by Crippen LogP contribution is -2.34. The minimum absolute atomic E-state index is 0.144. The highest BCUT2D eigenvalue weighted by Gasteiger charge is 2.04. The van der Waals surface area contributed by atoms with E-state index in [1.807, 2.05) is 6.92 Å². The van der Waals surface area contributed by atoms with Crippen LogP contribution in [0.5, 0.6) is 0 Å². The molecule has 3 N–H and O–H groups in total. The first-order valence-corrected chi connectivity index (χ1v) is 6.94. The third-order valence-electron chi connectivity index (χ3n) is 2.45. The van der Waals surface area contributed by atoms with E-state index in [2.05, 4.69) is 30.0 Å². The van der Waals surface area contributed by atoms with Crippen molar-refractivity contribution >= 4 is 11.8 Å². The van der Waals surface area contributed by atoms with Crippen molar-refractivity contribution < 1.29 is 14.4 Å². The highest BCUT2D eigenvalue weighted by atomic mass is 16.7. The van der Waals surface area contributed by atoms with Gasteiger partial charge in [-0.15, -0.1) is 0 Å². The number of carbonyl (C=O) groups excluding carboxylic acids is 2. The molecule has 0 saturated carbocycles. The molecule has 0 spiro atoms. The number of carbonyl (C=O) groups is 2. The fraction of sp³-hybridized carbons (Fsp3) is 0.846. The topological polar surface area (TPSA) is 79.5 Å². The molecule has 0 aliphatic carbocycles. The second-order valence-electron chi connectivity index (χ2n) is 4.80. The summed E-state index contributed by atoms with van der Waals surface area (Å²) in [5, 5.41) is 5.76. The molecule has 19 heavy (non-hydrogen) atoms. The fourth-order valence-electron chi connectivity index (χ4n) is 1.40. The fourth-order valence-corrected chi connectivity index (χ4v) is 1.40. The van der Waals surface area contributed by atoms with Crippen LogP contribution in [0.25, 0.3) is 0 Å². The molecule has 0 radical (unpaired) electrons. The Labute approximate surface area is 115 Å². The molecule has 0 saturated heterocycles. The van der Waals surface area contributed by atoms with E-state index in [0.29, 0.717) is 25.4 Å². The Morgan fingerprint density at radius 3 is 2.53 bits per heavy atom. The van der Waals surface area contributed by atoms with Crippen LogP contribution < -0.4 is 16.1 Å². The largest absolute Gasteiger partial charge is 0.354 e. The average Bonchev–Trinajstić information content (AvgIpc) is 2.35. The monoisotopic (exact) mass is 273 g/mol. The summed E-state index contributed by atoms with van der Waals surface area (Å²) in [6.45, 7) is 8.20. The third kappa shape index (κ3) is 13.1. The molecule has 0 aromatic carbocycles. The van der Waals surface area contributed by atoms with Crippen LogP contribution >= 0.6 is 0 Å². The smallest absolute Gasteiger partial charge is 0.248 e. The van der Waals surface area contributed by atoms with E-state index in [-0.39, 0.29) is 18.4 Å². The molecule has 0 rings (SSSR count). The second-order valence-corrected chi connectivity index (χ2v) is 4.80. The summed E-state index contributed by atoms with van der Waals surface area (Å²) in [5.41, 5.74) is 2.24. The van der Waals surface area contributed by atoms with E-state index in [1.54, 1.807) is 0 Å². The zero-order valence-corrected chi connectivity index (χ0v) is 12.3. The molecular weight excluding hydrogens is 246 g/mol. The summed E-state index contributed by atoms with van der Waals surface area (Å²) in [6.07, 6.45) is 2.38. The van der Waals surface area contributed by atoms with Crippen molar-refractivity contribution in [3.8, 4) is 0 Å². The zero-order chi connectivity index (χ0) is 14.5. The molecule has 0 bridgehead atoms. The normalized spacial score (nSPS) is 10.5. The van der Waals surface area contributed by atoms with Gasteiger partial charge in [-0.05, 0) is 25.3 Å². The first-order valence-electron chi connectivity index (χ1n) is 6.94. The first-order chi connectivity index (χ1) is 9.06. The Balaban J connectivity index is 3.39. The van der Waals surface area contributed by atoms with Gasteiger partial charge >= 0.3 is 0 Å². The summed E-state index contributed by atoms with van der Waals surface area (Å²) >= 11 is 0. The van der Waals surface area contributed by atoms with E-state index < -0.39 is 0 Å². The Hall–Kier alpha value is -1.14. The van der Waals surface area contributed by atoms with Gasteiger partial charge in [0.1, 0.15) is 0 Å². The van der Waals surface area contributed by atoms with Gasteiger partial charge in [0.2, 0.25) is 11.8 Å². The molecule has 0 unspecified atom stereocenters. The summed E-state index contributed by atoms with van der Waals surface area (Å²) in [6, 6.07) is 0. The summed E-state index contributed by atoms with van der Waals surface area (Å²) in [4.78, 5) is 27.4. The van der Waals surface area contributed by atoms with Crippen molar-refractivity contribution in [2.75, 3.05) is 26.2 Å². The molecule has 2 amide bonds. The van der Waals surface area contributed by atoms with Crippen molar-refractivity contribution in [2.24, 2.45) is 5.92 Å². The molecule has 0 aliphatic rings. The number of hydrogen-bond donors (Lipinski definition) is 3. The van der Waals surface area contributed by atoms with Gasteiger partial charge in [-0.1, -0.05) is 20.8 Å². The molecule has 0 heterocycles. The van der Waals surface area contributed by atoms with Crippen LogP contribution in [0, 0.1) is 5.92 Å². The second kappa shape index (κ2) is 11.9. The van der Waals surface area contributed by atoms with Crippen LogP contribution in [-0.4, -0.2) is 38.1 Å². The van der Waals surface area contributed by atoms with Gasteiger partial charge < -0.3 is 10.6 Å². The minimum atomic E-state index is -0.228. The summed E-state index contributed by atoms with van der Waals surface area (Å²) < 4.78 is 0. The van der Waals surface area contributed by atoms with Gasteiger partial charge in [0, 0.05) is 19.5 Å². The van der Waals surface area contributed by atoms with Crippen LogP contribution in [0.1, 0.15) is 40.0 Å². The molecule has 0 fully saturated rings. The number of rotatable bonds is 11. The van der Waals surface area contributed by atoms with Crippen molar-refractivity contribution in [3.05, 3.63) is 0 Å². The number of amides is 2. The average molecular weight is 273 g/mol. The van der Waals surface area contributed by atoms with Crippen LogP contribution in [0.15, 0.2) is 0 Å². The maximum atomic E-state index is 11.3. The molecule has 0 atom stereocenters. The predicted molar refractivity (Wildman–Crippen MR) is 74.3 cm³/mol. The van der Waals surface area contributed by atoms with Crippen LogP contribution in [-0.2, 0) is 14.4 Å². The number of nitrogens with one attached hydrogen (secondary N) is 3. The van der Waals surface area contributed by atoms with Crippen LogP contribution in [0.2, 0.25) is 0 Å². The highest BCUT2D eigenvalue weighted by molar-refractivity contribution is 5.78. The van der Waals surface area contributed by atoms with Crippen LogP contribution in [0.3, 0.4) is 0 Å². The minimum Gasteiger partial charge on any atom is -0.354 e. The van der Waals surface area contributed by atoms with Gasteiger partial charge in [0.25, 0.3) is 0 Å². The third-order valence-corrected chi connectivity index (χ3v) is 2.45. The van der Waals surface area contributed by atoms with Gasteiger partial charge in [0.15, 0.2) is 6.61 Å². The van der Waals surface area contributed by atoms with Crippen molar-refractivity contribution in [3.63, 3.8) is 0 Å². The Morgan fingerprint density at radius 2 is 1.89 bits per heavy atom. The number of hydroxylamine groups is 1. The summed E-state index contributed by atoms with van der Waals surface area (Å²) in [7, 11) is 0. The molecule has 6 nitrogen and oxygen atoms in total. The Morgan fingerprint density at radius 1 is 1.16 bits per heavy atom. The molecule has 112 valence electrons. The Bertz CT molecular complexity index is 258. The van der Waals surface area contributed by atoms with E-state index in [1.165, 1.54) is 0 Å². The van der Waals surface area contributed by atoms with E-state index >= 15 is 0 Å². The molecular formula is C13H27N3O3. The highest BCUT2D eigenvalue weighted by Crippen LogP contribution is 2.01. The van der Waals surface area contributed by atoms with Crippen molar-refractivity contribution in [1.82, 2.24) is 16.1 Å². The maximum Gasteiger partial charge on any atom is 0.248 e. The van der Waals surface area contributed by atoms with E-state index in [4.69, 9.17) is 4.84 Å². The quantitative estimate of drug-likeness (QED) is 0.380. The van der Waals surface area contributed by atoms with E-state index in [9.17, 15) is 9.59 Å². The number of hydrogen-bond acceptors (Lipinski definition) is 4. The molecule has 0 aromatic rings. The van der Waals surface area contributed by atoms with Gasteiger partial charge in [-0.25, -0.2) is 5.48 Å². The molecule has 6 heteroatoms. The van der Waals surface area contributed by atoms with E-state index in [0.717, 1.165) is 19.4 Å². The van der Waals surface area contributed by atoms with Gasteiger partial charge in [0.05, 0.1) is 0 Å². The standard InChI is InChI=1S/C13H27N3O3/c1-4-14-9-7-12(17)16-19-10-13(18)15-8-5-6-11(2)3/h11,14H,4-10H2,1-3H3,(H,15,18)(H,16,17). The van der Waals surface area contributed by atoms with Crippen molar-refractivity contribution in [1.29, 1.82) is 0 Å². The van der Waals surface area contributed by atoms with Crippen LogP contribution in [0.4, 0.5) is 0 Å². The lowest BCUT2D eigenvalue weighted by atomic mass is 10.1. The lowest BCUT2D eigenvalue weighted by molar-refractivity contribution is -0.139. The predicted octanol–water partition coefficient (Wildman–Crippen LogP) is 0.586. The lowest BCUT2D eigenvalue weighted by Gasteiger charge is -2.08. The van der Waals surface area contributed by atoms with Crippen molar-refractivity contribution in [2.45, 2.75) is 40.0 Å². The van der Waals surface area contributed by atoms with Gasteiger partial charge in [-0.2, -0.15) is 0 Å².